The van der Waals surface area contributed by atoms with Gasteiger partial charge in [-0.2, -0.15) is 0 Å². The van der Waals surface area contributed by atoms with Crippen molar-refractivity contribution in [3.63, 3.8) is 0 Å². The fraction of sp³-hybridized carbons (Fsp3) is 0.200. The number of rotatable bonds is 7. The molecule has 0 saturated carbocycles. The smallest absolute Gasteiger partial charge is 0.227 e. The Morgan fingerprint density at radius 3 is 2.55 bits per heavy atom. The van der Waals surface area contributed by atoms with Gasteiger partial charge in [-0.3, -0.25) is 4.79 Å². The molecule has 0 saturated heterocycles. The van der Waals surface area contributed by atoms with Gasteiger partial charge in [0.05, 0.1) is 26.8 Å². The monoisotopic (exact) mass is 450 g/mol. The molecule has 2 N–H and O–H groups in total. The van der Waals surface area contributed by atoms with Crippen molar-refractivity contribution in [3.8, 4) is 17.2 Å². The third-order valence-electron chi connectivity index (χ3n) is 5.55. The van der Waals surface area contributed by atoms with Crippen molar-refractivity contribution in [1.82, 2.24) is 10.3 Å². The van der Waals surface area contributed by atoms with E-state index in [1.54, 1.807) is 18.2 Å². The summed E-state index contributed by atoms with van der Waals surface area (Å²) < 4.78 is 29.7. The molecule has 0 atom stereocenters. The van der Waals surface area contributed by atoms with Crippen LogP contribution in [0.5, 0.6) is 17.2 Å². The van der Waals surface area contributed by atoms with E-state index in [1.807, 2.05) is 13.0 Å². The second kappa shape index (κ2) is 9.20. The summed E-state index contributed by atoms with van der Waals surface area (Å²) in [6.07, 6.45) is 4.75. The highest BCUT2D eigenvalue weighted by Crippen LogP contribution is 2.44. The molecule has 1 aliphatic carbocycles. The first-order valence-corrected chi connectivity index (χ1v) is 10.2. The van der Waals surface area contributed by atoms with Gasteiger partial charge in [0.25, 0.3) is 0 Å². The van der Waals surface area contributed by atoms with Crippen molar-refractivity contribution in [2.75, 3.05) is 20.8 Å². The van der Waals surface area contributed by atoms with Crippen LogP contribution in [0.3, 0.4) is 0 Å². The molecule has 3 aromatic rings. The Morgan fingerprint density at radius 2 is 1.91 bits per heavy atom. The van der Waals surface area contributed by atoms with Crippen molar-refractivity contribution in [2.24, 2.45) is 0 Å². The van der Waals surface area contributed by atoms with Gasteiger partial charge in [-0.25, -0.2) is 9.37 Å². The number of aromatic hydroxyl groups is 1. The molecule has 4 rings (SSSR count). The predicted octanol–water partition coefficient (Wildman–Crippen LogP) is 4.22. The molecule has 0 fully saturated rings. The molecule has 1 aromatic heterocycles. The summed E-state index contributed by atoms with van der Waals surface area (Å²) in [5.74, 6) is 0.349. The third-order valence-corrected chi connectivity index (χ3v) is 5.55. The van der Waals surface area contributed by atoms with E-state index in [0.717, 1.165) is 33.4 Å². The van der Waals surface area contributed by atoms with Crippen LogP contribution in [0.2, 0.25) is 0 Å². The van der Waals surface area contributed by atoms with E-state index in [4.69, 9.17) is 13.9 Å². The molecule has 1 heterocycles. The maximum atomic E-state index is 14.1. The van der Waals surface area contributed by atoms with E-state index in [1.165, 1.54) is 38.9 Å². The lowest BCUT2D eigenvalue weighted by molar-refractivity contribution is -0.120. The molecule has 170 valence electrons. The number of phenols is 1. The molecule has 2 aromatic carbocycles. The van der Waals surface area contributed by atoms with Crippen LogP contribution in [0.4, 0.5) is 4.39 Å². The van der Waals surface area contributed by atoms with Crippen LogP contribution < -0.4 is 14.8 Å². The Morgan fingerprint density at radius 1 is 1.18 bits per heavy atom. The first kappa shape index (κ1) is 22.1. The number of fused-ring (bicyclic) bond motifs is 1. The Kier molecular flexibility index (Phi) is 6.17. The lowest BCUT2D eigenvalue weighted by Crippen LogP contribution is -2.26. The highest BCUT2D eigenvalue weighted by Gasteiger charge is 2.25. The number of allylic oxidation sites excluding steroid dienone is 2. The van der Waals surface area contributed by atoms with E-state index in [-0.39, 0.29) is 41.9 Å². The van der Waals surface area contributed by atoms with Crippen LogP contribution in [-0.4, -0.2) is 36.8 Å². The quantitative estimate of drug-likeness (QED) is 0.560. The lowest BCUT2D eigenvalue weighted by atomic mass is 10.00. The number of methoxy groups -OCH3 is 2. The standard InChI is InChI=1S/C25H23FN2O5/c1-14-19(6-15-7-22(31-2)25(30)23(8-15)32-3)18-5-4-16(26)9-20(18)21(14)12-28-24(29)10-17-11-27-13-33-17/h4-9,11,13,30H,10,12H2,1-3H3,(H,28,29)/b19-6-. The first-order chi connectivity index (χ1) is 15.9. The Hall–Kier alpha value is -4.07. The first-order valence-electron chi connectivity index (χ1n) is 10.2. The van der Waals surface area contributed by atoms with Crippen molar-refractivity contribution in [3.05, 3.63) is 76.8 Å². The summed E-state index contributed by atoms with van der Waals surface area (Å²) in [6.45, 7) is 2.16. The van der Waals surface area contributed by atoms with Crippen LogP contribution >= 0.6 is 0 Å². The summed E-state index contributed by atoms with van der Waals surface area (Å²) in [4.78, 5) is 16.1. The van der Waals surface area contributed by atoms with E-state index in [2.05, 4.69) is 10.3 Å². The van der Waals surface area contributed by atoms with E-state index < -0.39 is 0 Å². The van der Waals surface area contributed by atoms with Crippen molar-refractivity contribution in [1.29, 1.82) is 0 Å². The van der Waals surface area contributed by atoms with Crippen LogP contribution in [0.25, 0.3) is 17.2 Å². The van der Waals surface area contributed by atoms with Crippen LogP contribution in [0.15, 0.2) is 52.9 Å². The number of aromatic nitrogens is 1. The Bertz CT molecular complexity index is 1240. The summed E-state index contributed by atoms with van der Waals surface area (Å²) in [5, 5.41) is 13.1. The number of oxazole rings is 1. The summed E-state index contributed by atoms with van der Waals surface area (Å²) >= 11 is 0. The van der Waals surface area contributed by atoms with Crippen LogP contribution in [0.1, 0.15) is 29.4 Å². The summed E-state index contributed by atoms with van der Waals surface area (Å²) in [7, 11) is 2.92. The highest BCUT2D eigenvalue weighted by molar-refractivity contribution is 6.06. The average Bonchev–Trinajstić information content (AvgIpc) is 3.39. The fourth-order valence-electron chi connectivity index (χ4n) is 3.88. The minimum atomic E-state index is -0.360. The Labute approximate surface area is 190 Å². The number of phenolic OH excluding ortho intramolecular Hbond substituents is 1. The van der Waals surface area contributed by atoms with Gasteiger partial charge < -0.3 is 24.3 Å². The third kappa shape index (κ3) is 4.45. The molecule has 0 aliphatic heterocycles. The lowest BCUT2D eigenvalue weighted by Gasteiger charge is -2.11. The molecule has 0 bridgehead atoms. The molecule has 8 heteroatoms. The molecular weight excluding hydrogens is 427 g/mol. The number of amides is 1. The zero-order valence-corrected chi connectivity index (χ0v) is 18.4. The van der Waals surface area contributed by atoms with Gasteiger partial charge in [-0.05, 0) is 70.7 Å². The maximum Gasteiger partial charge on any atom is 0.227 e. The van der Waals surface area contributed by atoms with E-state index in [9.17, 15) is 14.3 Å². The molecule has 0 radical (unpaired) electrons. The van der Waals surface area contributed by atoms with Gasteiger partial charge in [0.1, 0.15) is 11.6 Å². The normalized spacial score (nSPS) is 13.9. The number of carbonyl (C=O) groups is 1. The number of nitrogens with one attached hydrogen (secondary N) is 1. The molecule has 33 heavy (non-hydrogen) atoms. The number of carbonyl (C=O) groups excluding carboxylic acids is 1. The van der Waals surface area contributed by atoms with Gasteiger partial charge in [0.2, 0.25) is 11.7 Å². The van der Waals surface area contributed by atoms with Crippen molar-refractivity contribution < 1.29 is 28.2 Å². The minimum Gasteiger partial charge on any atom is -0.502 e. The summed E-state index contributed by atoms with van der Waals surface area (Å²) in [6, 6.07) is 7.98. The van der Waals surface area contributed by atoms with Crippen molar-refractivity contribution >= 4 is 23.1 Å². The second-order valence-corrected chi connectivity index (χ2v) is 7.55. The molecule has 0 spiro atoms. The van der Waals surface area contributed by atoms with Crippen molar-refractivity contribution in [2.45, 2.75) is 13.3 Å². The van der Waals surface area contributed by atoms with Gasteiger partial charge in [0.15, 0.2) is 17.9 Å². The largest absolute Gasteiger partial charge is 0.502 e. The van der Waals surface area contributed by atoms with Gasteiger partial charge in [-0.1, -0.05) is 6.07 Å². The number of benzene rings is 2. The number of nitrogens with zero attached hydrogens (tertiary/aromatic N) is 1. The number of hydrogen-bond acceptors (Lipinski definition) is 6. The Balaban J connectivity index is 1.69. The van der Waals surface area contributed by atoms with Gasteiger partial charge in [-0.15, -0.1) is 0 Å². The zero-order valence-electron chi connectivity index (χ0n) is 18.4. The van der Waals surface area contributed by atoms with Crippen LogP contribution in [0, 0.1) is 5.82 Å². The number of halogens is 1. The van der Waals surface area contributed by atoms with Gasteiger partial charge >= 0.3 is 0 Å². The highest BCUT2D eigenvalue weighted by atomic mass is 19.1. The molecule has 1 amide bonds. The average molecular weight is 450 g/mol. The van der Waals surface area contributed by atoms with Gasteiger partial charge in [0, 0.05) is 6.54 Å². The van der Waals surface area contributed by atoms with Crippen LogP contribution in [-0.2, 0) is 11.2 Å². The summed E-state index contributed by atoms with van der Waals surface area (Å²) in [5.41, 5.74) is 4.90. The fourth-order valence-corrected chi connectivity index (χ4v) is 3.88. The topological polar surface area (TPSA) is 93.8 Å². The molecule has 7 nitrogen and oxygen atoms in total. The minimum absolute atomic E-state index is 0.0676. The molecule has 1 aliphatic rings. The SMILES string of the molecule is COc1cc(/C=C2/C(C)=C(CNC(=O)Cc3cnco3)c3cc(F)ccc32)cc(OC)c1O. The zero-order chi connectivity index (χ0) is 23.5. The van der Waals surface area contributed by atoms with E-state index in [0.29, 0.717) is 5.76 Å². The number of hydrogen-bond donors (Lipinski definition) is 2. The predicted molar refractivity (Wildman–Crippen MR) is 121 cm³/mol. The molecular formula is C25H23FN2O5. The second-order valence-electron chi connectivity index (χ2n) is 7.55. The number of ether oxygens (including phenoxy) is 2. The molecule has 0 unspecified atom stereocenters. The van der Waals surface area contributed by atoms with E-state index >= 15 is 0 Å². The maximum absolute atomic E-state index is 14.1.